The van der Waals surface area contributed by atoms with Crippen molar-refractivity contribution >= 4 is 0 Å². The molecule has 0 spiro atoms. The summed E-state index contributed by atoms with van der Waals surface area (Å²) in [5.41, 5.74) is 0. The lowest BCUT2D eigenvalue weighted by atomic mass is 10.1. The highest BCUT2D eigenvalue weighted by atomic mass is 16.5. The molecule has 2 aliphatic rings. The normalized spacial score (nSPS) is 21.5. The molecule has 0 aromatic rings. The predicted molar refractivity (Wildman–Crippen MR) is 169 cm³/mol. The maximum absolute atomic E-state index is 8.07. The van der Waals surface area contributed by atoms with Crippen molar-refractivity contribution in [2.24, 2.45) is 5.92 Å². The first-order valence-corrected chi connectivity index (χ1v) is 16.3. The largest absolute Gasteiger partial charge is 0.396 e. The van der Waals surface area contributed by atoms with E-state index in [4.69, 9.17) is 35.2 Å². The summed E-state index contributed by atoms with van der Waals surface area (Å²) in [6.07, 6.45) is 21.9. The van der Waals surface area contributed by atoms with Gasteiger partial charge in [-0.1, -0.05) is 53.5 Å². The van der Waals surface area contributed by atoms with Gasteiger partial charge in [0.15, 0.2) is 0 Å². The van der Waals surface area contributed by atoms with Gasteiger partial charge in [-0.3, -0.25) is 0 Å². The quantitative estimate of drug-likeness (QED) is 0.0972. The van der Waals surface area contributed by atoms with Crippen LogP contribution in [0.1, 0.15) is 118 Å². The summed E-state index contributed by atoms with van der Waals surface area (Å²) in [5, 5.41) is 8.07. The molecule has 0 amide bonds. The van der Waals surface area contributed by atoms with Crippen molar-refractivity contribution in [2.45, 2.75) is 136 Å². The fourth-order valence-corrected chi connectivity index (χ4v) is 4.02. The lowest BCUT2D eigenvalue weighted by Crippen LogP contribution is -2.34. The molecule has 6 nitrogen and oxygen atoms in total. The van der Waals surface area contributed by atoms with Gasteiger partial charge in [0.25, 0.3) is 0 Å². The molecule has 0 aliphatic carbocycles. The summed E-state index contributed by atoms with van der Waals surface area (Å²) in [6, 6.07) is 0. The number of aliphatic hydroxyl groups excluding tert-OH is 1. The van der Waals surface area contributed by atoms with Gasteiger partial charge in [0, 0.05) is 52.5 Å². The Morgan fingerprint density at radius 2 is 1.55 bits per heavy atom. The zero-order valence-corrected chi connectivity index (χ0v) is 27.0. The number of ether oxygens (including phenoxy) is 5. The SMILES string of the molecule is C#CCCCCOCC1CC(OCCCCC=C)CCO1.CC.CCCCO.CCCCOC[C@@H]1CC(C)CO1. The summed E-state index contributed by atoms with van der Waals surface area (Å²) < 4.78 is 28.3. The molecule has 3 unspecified atom stereocenters. The van der Waals surface area contributed by atoms with Crippen molar-refractivity contribution in [1.82, 2.24) is 0 Å². The smallest absolute Gasteiger partial charge is 0.0833 e. The van der Waals surface area contributed by atoms with Gasteiger partial charge in [0.05, 0.1) is 31.5 Å². The average Bonchev–Trinajstić information content (AvgIpc) is 3.40. The predicted octanol–water partition coefficient (Wildman–Crippen LogP) is 7.76. The molecular weight excluding hydrogens is 504 g/mol. The van der Waals surface area contributed by atoms with E-state index >= 15 is 0 Å². The molecular formula is C34H66O6. The summed E-state index contributed by atoms with van der Waals surface area (Å²) in [4.78, 5) is 0. The van der Waals surface area contributed by atoms with Crippen molar-refractivity contribution < 1.29 is 28.8 Å². The summed E-state index contributed by atoms with van der Waals surface area (Å²) >= 11 is 0. The van der Waals surface area contributed by atoms with E-state index in [0.29, 0.717) is 25.4 Å². The molecule has 40 heavy (non-hydrogen) atoms. The Hall–Kier alpha value is -0.940. The molecule has 0 bridgehead atoms. The second-order valence-electron chi connectivity index (χ2n) is 10.3. The van der Waals surface area contributed by atoms with Crippen LogP contribution in [0.4, 0.5) is 0 Å². The Balaban J connectivity index is 0. The van der Waals surface area contributed by atoms with E-state index < -0.39 is 0 Å². The molecule has 2 saturated heterocycles. The van der Waals surface area contributed by atoms with E-state index in [2.05, 4.69) is 33.3 Å². The van der Waals surface area contributed by atoms with E-state index in [1.165, 1.54) is 19.3 Å². The standard InChI is InChI=1S/C18H30O3.C10H20O2.C4H10O.C2H6/c1-3-5-7-9-12-19-16-18-15-17(11-14-21-18)20-13-10-8-6-4-2;1-3-4-5-11-8-10-6-9(2)7-12-10;1-2-3-4-5;1-2/h1,4,17-18H,2,5-16H2;9-10H,3-8H2,1-2H3;5H,2-4H2,1H3;1-2H3/t;9?,10-;;/m.0../s1. The van der Waals surface area contributed by atoms with Crippen LogP contribution >= 0.6 is 0 Å². The van der Waals surface area contributed by atoms with E-state index in [1.54, 1.807) is 0 Å². The minimum atomic E-state index is 0.185. The maximum Gasteiger partial charge on any atom is 0.0833 e. The van der Waals surface area contributed by atoms with E-state index in [0.717, 1.165) is 110 Å². The molecule has 6 heteroatoms. The highest BCUT2D eigenvalue weighted by Gasteiger charge is 2.23. The van der Waals surface area contributed by atoms with Crippen LogP contribution in [0.5, 0.6) is 0 Å². The van der Waals surface area contributed by atoms with Crippen LogP contribution in [0.3, 0.4) is 0 Å². The van der Waals surface area contributed by atoms with Gasteiger partial charge < -0.3 is 28.8 Å². The van der Waals surface area contributed by atoms with Gasteiger partial charge in [0.2, 0.25) is 0 Å². The van der Waals surface area contributed by atoms with Gasteiger partial charge in [-0.05, 0) is 63.7 Å². The average molecular weight is 571 g/mol. The molecule has 238 valence electrons. The zero-order valence-electron chi connectivity index (χ0n) is 27.0. The lowest BCUT2D eigenvalue weighted by Gasteiger charge is -2.29. The number of hydrogen-bond donors (Lipinski definition) is 1. The van der Waals surface area contributed by atoms with Crippen LogP contribution in [-0.4, -0.2) is 76.3 Å². The van der Waals surface area contributed by atoms with Crippen LogP contribution in [0.2, 0.25) is 0 Å². The van der Waals surface area contributed by atoms with Crippen molar-refractivity contribution in [3.05, 3.63) is 12.7 Å². The van der Waals surface area contributed by atoms with Crippen LogP contribution < -0.4 is 0 Å². The Bertz CT molecular complexity index is 533. The monoisotopic (exact) mass is 570 g/mol. The lowest BCUT2D eigenvalue weighted by molar-refractivity contribution is -0.0980. The number of unbranched alkanes of at least 4 members (excludes halogenated alkanes) is 6. The number of terminal acetylenes is 1. The van der Waals surface area contributed by atoms with Gasteiger partial charge in [0.1, 0.15) is 0 Å². The van der Waals surface area contributed by atoms with Crippen molar-refractivity contribution in [1.29, 1.82) is 0 Å². The Morgan fingerprint density at radius 3 is 2.10 bits per heavy atom. The second-order valence-corrected chi connectivity index (χ2v) is 10.3. The van der Waals surface area contributed by atoms with Gasteiger partial charge in [-0.2, -0.15) is 0 Å². The van der Waals surface area contributed by atoms with Crippen molar-refractivity contribution in [3.8, 4) is 12.3 Å². The second kappa shape index (κ2) is 34.3. The molecule has 2 aliphatic heterocycles. The van der Waals surface area contributed by atoms with Crippen molar-refractivity contribution in [2.75, 3.05) is 52.9 Å². The summed E-state index contributed by atoms with van der Waals surface area (Å²) in [5.74, 6) is 3.37. The van der Waals surface area contributed by atoms with Crippen LogP contribution in [-0.2, 0) is 23.7 Å². The van der Waals surface area contributed by atoms with E-state index in [9.17, 15) is 0 Å². The van der Waals surface area contributed by atoms with E-state index in [1.807, 2.05) is 19.9 Å². The van der Waals surface area contributed by atoms with E-state index in [-0.39, 0.29) is 6.10 Å². The first kappa shape index (κ1) is 41.2. The van der Waals surface area contributed by atoms with Crippen LogP contribution in [0.15, 0.2) is 12.7 Å². The number of aliphatic hydroxyl groups is 1. The fraction of sp³-hybridized carbons (Fsp3) is 0.882. The fourth-order valence-electron chi connectivity index (χ4n) is 4.02. The topological polar surface area (TPSA) is 66.4 Å². The third-order valence-corrected chi connectivity index (χ3v) is 6.38. The van der Waals surface area contributed by atoms with Gasteiger partial charge in [-0.15, -0.1) is 18.9 Å². The Labute approximate surface area is 248 Å². The zero-order chi connectivity index (χ0) is 30.1. The molecule has 2 heterocycles. The van der Waals surface area contributed by atoms with Gasteiger partial charge in [-0.25, -0.2) is 0 Å². The third-order valence-electron chi connectivity index (χ3n) is 6.38. The Kier molecular flexibility index (Phi) is 35.3. The number of allylic oxidation sites excluding steroid dienone is 1. The minimum Gasteiger partial charge on any atom is -0.396 e. The molecule has 0 radical (unpaired) electrons. The number of rotatable bonds is 19. The van der Waals surface area contributed by atoms with Crippen LogP contribution in [0.25, 0.3) is 0 Å². The minimum absolute atomic E-state index is 0.185. The molecule has 1 N–H and O–H groups in total. The molecule has 0 aromatic carbocycles. The molecule has 2 fully saturated rings. The summed E-state index contributed by atoms with van der Waals surface area (Å²) in [6.45, 7) is 20.2. The highest BCUT2D eigenvalue weighted by Crippen LogP contribution is 2.19. The summed E-state index contributed by atoms with van der Waals surface area (Å²) in [7, 11) is 0. The highest BCUT2D eigenvalue weighted by molar-refractivity contribution is 4.82. The third kappa shape index (κ3) is 28.6. The molecule has 4 atom stereocenters. The maximum atomic E-state index is 8.07. The van der Waals surface area contributed by atoms with Gasteiger partial charge >= 0.3 is 0 Å². The number of hydrogen-bond acceptors (Lipinski definition) is 6. The first-order valence-electron chi connectivity index (χ1n) is 16.3. The Morgan fingerprint density at radius 1 is 0.900 bits per heavy atom. The molecule has 0 saturated carbocycles. The van der Waals surface area contributed by atoms with Crippen LogP contribution in [0, 0.1) is 18.3 Å². The molecule has 2 rings (SSSR count). The molecule has 0 aromatic heterocycles. The first-order chi connectivity index (χ1) is 19.6. The van der Waals surface area contributed by atoms with Crippen molar-refractivity contribution in [3.63, 3.8) is 0 Å².